The zero-order valence-electron chi connectivity index (χ0n) is 30.5. The van der Waals surface area contributed by atoms with E-state index >= 15 is 0 Å². The fourth-order valence-electron chi connectivity index (χ4n) is 7.64. The van der Waals surface area contributed by atoms with Crippen molar-refractivity contribution in [1.82, 2.24) is 9.47 Å². The Hall–Kier alpha value is -6.52. The highest BCUT2D eigenvalue weighted by molar-refractivity contribution is 6.30. The number of halogens is 4. The highest BCUT2D eigenvalue weighted by Gasteiger charge is 2.55. The Bertz CT molecular complexity index is 2470. The van der Waals surface area contributed by atoms with Crippen molar-refractivity contribution in [3.05, 3.63) is 196 Å². The van der Waals surface area contributed by atoms with Crippen LogP contribution in [0.5, 0.6) is 17.2 Å². The van der Waals surface area contributed by atoms with Crippen molar-refractivity contribution < 1.29 is 37.0 Å². The number of carbonyl (C=O) groups is 2. The van der Waals surface area contributed by atoms with Crippen LogP contribution in [0.1, 0.15) is 33.5 Å². The van der Waals surface area contributed by atoms with E-state index in [9.17, 15) is 22.8 Å². The number of benzene rings is 6. The van der Waals surface area contributed by atoms with Crippen LogP contribution < -0.4 is 9.47 Å². The van der Waals surface area contributed by atoms with Crippen LogP contribution in [0.2, 0.25) is 5.02 Å². The summed E-state index contributed by atoms with van der Waals surface area (Å²) in [7, 11) is 0. The molecule has 1 fully saturated rings. The van der Waals surface area contributed by atoms with Gasteiger partial charge >= 0.3 is 12.5 Å². The van der Waals surface area contributed by atoms with Crippen LogP contribution in [-0.4, -0.2) is 33.9 Å². The van der Waals surface area contributed by atoms with Gasteiger partial charge in [-0.3, -0.25) is 4.79 Å². The fourth-order valence-corrected chi connectivity index (χ4v) is 7.77. The first-order chi connectivity index (χ1) is 27.5. The van der Waals surface area contributed by atoms with Gasteiger partial charge in [0.2, 0.25) is 0 Å². The highest BCUT2D eigenvalue weighted by Crippen LogP contribution is 2.45. The third-order valence-corrected chi connectivity index (χ3v) is 10.3. The molecule has 1 aromatic heterocycles. The van der Waals surface area contributed by atoms with Gasteiger partial charge in [0.05, 0.1) is 11.2 Å². The lowest BCUT2D eigenvalue weighted by molar-refractivity contribution is -0.274. The molecule has 0 bridgehead atoms. The first kappa shape index (κ1) is 37.4. The SMILES string of the molecule is Cc1c(Oc2ccc(Cl)cc2)c2ccc(OC(F)(F)F)cc2n1Cc1cccc(CC2OC(=O)N(C(c3ccccc3)(c3ccccc3)c3ccccc3)C2=O)c1. The number of cyclic esters (lactones) is 1. The van der Waals surface area contributed by atoms with E-state index in [-0.39, 0.29) is 18.7 Å². The average Bonchev–Trinajstić information content (AvgIpc) is 3.63. The molecule has 6 aromatic carbocycles. The summed E-state index contributed by atoms with van der Waals surface area (Å²) in [5.74, 6) is 0.101. The maximum atomic E-state index is 14.6. The standard InChI is InChI=1S/C46H34ClF3N2O5/c1-30-42(55-37-22-20-36(47)21-23-37)39-25-24-38(57-46(48,49)50)28-40(39)51(30)29-32-13-11-12-31(26-32)27-41-43(53)52(44(54)56-41)45(33-14-5-2-6-15-33,34-16-7-3-8-17-34)35-18-9-4-10-19-35/h2-26,28,41H,27,29H2,1H3. The van der Waals surface area contributed by atoms with Crippen molar-refractivity contribution in [2.24, 2.45) is 0 Å². The molecule has 11 heteroatoms. The van der Waals surface area contributed by atoms with E-state index in [4.69, 9.17) is 21.1 Å². The van der Waals surface area contributed by atoms with E-state index in [2.05, 4.69) is 4.74 Å². The summed E-state index contributed by atoms with van der Waals surface area (Å²) in [4.78, 5) is 29.9. The third kappa shape index (κ3) is 7.32. The minimum Gasteiger partial charge on any atom is -0.455 e. The van der Waals surface area contributed by atoms with Gasteiger partial charge in [-0.15, -0.1) is 13.2 Å². The van der Waals surface area contributed by atoms with Gasteiger partial charge in [0.25, 0.3) is 5.91 Å². The number of ether oxygens (including phenoxy) is 3. The predicted molar refractivity (Wildman–Crippen MR) is 210 cm³/mol. The largest absolute Gasteiger partial charge is 0.573 e. The highest BCUT2D eigenvalue weighted by atomic mass is 35.5. The molecule has 1 aliphatic heterocycles. The fraction of sp³-hybridized carbons (Fsp3) is 0.130. The number of nitrogens with zero attached hydrogens (tertiary/aromatic N) is 2. The van der Waals surface area contributed by atoms with E-state index in [0.717, 1.165) is 11.1 Å². The van der Waals surface area contributed by atoms with Crippen molar-refractivity contribution in [2.45, 2.75) is 37.9 Å². The van der Waals surface area contributed by atoms with Crippen molar-refractivity contribution in [3.63, 3.8) is 0 Å². The average molecular weight is 787 g/mol. The Kier molecular flexibility index (Phi) is 9.97. The molecule has 1 aliphatic rings. The summed E-state index contributed by atoms with van der Waals surface area (Å²) in [6, 6.07) is 46.6. The number of hydrogen-bond donors (Lipinski definition) is 0. The maximum absolute atomic E-state index is 14.6. The van der Waals surface area contributed by atoms with E-state index in [1.807, 2.05) is 127 Å². The molecule has 2 amide bonds. The molecule has 286 valence electrons. The predicted octanol–water partition coefficient (Wildman–Crippen LogP) is 11.2. The molecular formula is C46H34ClF3N2O5. The minimum atomic E-state index is -4.88. The molecule has 8 rings (SSSR count). The van der Waals surface area contributed by atoms with Gasteiger partial charge in [0.1, 0.15) is 17.0 Å². The van der Waals surface area contributed by atoms with Gasteiger partial charge in [-0.2, -0.15) is 0 Å². The number of aromatic nitrogens is 1. The van der Waals surface area contributed by atoms with Crippen LogP contribution in [0.3, 0.4) is 0 Å². The molecule has 0 aliphatic carbocycles. The normalized spacial score (nSPS) is 14.5. The molecular weight excluding hydrogens is 753 g/mol. The molecule has 2 heterocycles. The number of alkyl halides is 3. The minimum absolute atomic E-state index is 0.0866. The Balaban J connectivity index is 1.13. The second-order valence-corrected chi connectivity index (χ2v) is 14.1. The lowest BCUT2D eigenvalue weighted by atomic mass is 9.75. The summed E-state index contributed by atoms with van der Waals surface area (Å²) >= 11 is 6.08. The third-order valence-electron chi connectivity index (χ3n) is 10.1. The van der Waals surface area contributed by atoms with Gasteiger partial charge in [0, 0.05) is 29.4 Å². The van der Waals surface area contributed by atoms with Crippen LogP contribution in [0.25, 0.3) is 10.9 Å². The zero-order chi connectivity index (χ0) is 39.7. The number of fused-ring (bicyclic) bond motifs is 1. The molecule has 1 unspecified atom stereocenters. The summed E-state index contributed by atoms with van der Waals surface area (Å²) < 4.78 is 58.2. The number of imide groups is 1. The molecule has 7 aromatic rings. The second-order valence-electron chi connectivity index (χ2n) is 13.7. The number of hydrogen-bond acceptors (Lipinski definition) is 5. The van der Waals surface area contributed by atoms with Gasteiger partial charge in [0.15, 0.2) is 11.9 Å². The molecule has 7 nitrogen and oxygen atoms in total. The molecule has 1 saturated heterocycles. The van der Waals surface area contributed by atoms with E-state index < -0.39 is 30.0 Å². The monoisotopic (exact) mass is 786 g/mol. The van der Waals surface area contributed by atoms with Crippen molar-refractivity contribution in [2.75, 3.05) is 0 Å². The van der Waals surface area contributed by atoms with Gasteiger partial charge in [-0.25, -0.2) is 9.69 Å². The smallest absolute Gasteiger partial charge is 0.455 e. The van der Waals surface area contributed by atoms with E-state index in [0.29, 0.717) is 49.8 Å². The molecule has 1 atom stereocenters. The van der Waals surface area contributed by atoms with E-state index in [1.54, 1.807) is 24.3 Å². The number of rotatable bonds is 11. The Morgan fingerprint density at radius 1 is 0.684 bits per heavy atom. The van der Waals surface area contributed by atoms with Gasteiger partial charge in [-0.1, -0.05) is 127 Å². The lowest BCUT2D eigenvalue weighted by Gasteiger charge is -2.40. The van der Waals surface area contributed by atoms with Crippen LogP contribution in [-0.2, 0) is 28.0 Å². The summed E-state index contributed by atoms with van der Waals surface area (Å²) in [6.45, 7) is 2.06. The van der Waals surface area contributed by atoms with Crippen molar-refractivity contribution >= 4 is 34.5 Å². The topological polar surface area (TPSA) is 70.0 Å². The summed E-state index contributed by atoms with van der Waals surface area (Å²) in [6.07, 6.45) is -6.68. The Labute approximate surface area is 331 Å². The van der Waals surface area contributed by atoms with E-state index in [1.165, 1.54) is 23.1 Å². The number of carbonyl (C=O) groups excluding carboxylic acids is 2. The summed E-state index contributed by atoms with van der Waals surface area (Å²) in [5, 5.41) is 1.11. The number of amides is 2. The molecule has 0 radical (unpaired) electrons. The first-order valence-electron chi connectivity index (χ1n) is 18.1. The summed E-state index contributed by atoms with van der Waals surface area (Å²) in [5.41, 5.74) is 3.43. The Morgan fingerprint density at radius 2 is 1.25 bits per heavy atom. The molecule has 0 N–H and O–H groups in total. The molecule has 57 heavy (non-hydrogen) atoms. The second kappa shape index (κ2) is 15.2. The van der Waals surface area contributed by atoms with Gasteiger partial charge < -0.3 is 18.8 Å². The van der Waals surface area contributed by atoms with Crippen LogP contribution in [0, 0.1) is 6.92 Å². The van der Waals surface area contributed by atoms with Crippen molar-refractivity contribution in [3.8, 4) is 17.2 Å². The quantitative estimate of drug-likeness (QED) is 0.122. The van der Waals surface area contributed by atoms with Crippen LogP contribution in [0.15, 0.2) is 158 Å². The first-order valence-corrected chi connectivity index (χ1v) is 18.5. The lowest BCUT2D eigenvalue weighted by Crippen LogP contribution is -2.51. The van der Waals surface area contributed by atoms with Crippen LogP contribution in [0.4, 0.5) is 18.0 Å². The molecule has 0 saturated carbocycles. The van der Waals surface area contributed by atoms with Crippen molar-refractivity contribution in [1.29, 1.82) is 0 Å². The Morgan fingerprint density at radius 3 is 1.82 bits per heavy atom. The maximum Gasteiger partial charge on any atom is 0.573 e. The molecule has 0 spiro atoms. The van der Waals surface area contributed by atoms with Crippen LogP contribution >= 0.6 is 11.6 Å². The zero-order valence-corrected chi connectivity index (χ0v) is 31.2. The van der Waals surface area contributed by atoms with Gasteiger partial charge in [-0.05, 0) is 71.1 Å².